The number of ether oxygens (including phenoxy) is 2. The summed E-state index contributed by atoms with van der Waals surface area (Å²) in [6.45, 7) is 2.35. The summed E-state index contributed by atoms with van der Waals surface area (Å²) in [4.78, 5) is 2.21. The standard InChI is InChI=1S/C26H28FN5O3/c1-33-22-11-9-19(10-12-22)16-32-26(28-29-30-32)25(20-5-2-6-21(27)15-20)31(17-23-7-3-13-34-23)18-24-8-4-14-35-24/h2-3,5-7,9-13,15,24-25H,4,8,14,16-18H2,1H3/t24-,25+/m1/s1. The molecule has 1 fully saturated rings. The van der Waals surface area contributed by atoms with Gasteiger partial charge in [-0.05, 0) is 70.8 Å². The van der Waals surface area contributed by atoms with Crippen LogP contribution >= 0.6 is 0 Å². The molecule has 0 N–H and O–H groups in total. The molecule has 2 atom stereocenters. The van der Waals surface area contributed by atoms with Gasteiger partial charge in [0, 0.05) is 13.2 Å². The first-order valence-electron chi connectivity index (χ1n) is 11.7. The first kappa shape index (κ1) is 23.2. The van der Waals surface area contributed by atoms with Crippen molar-refractivity contribution in [2.24, 2.45) is 0 Å². The van der Waals surface area contributed by atoms with E-state index < -0.39 is 6.04 Å². The van der Waals surface area contributed by atoms with E-state index in [0.29, 0.717) is 25.5 Å². The molecule has 0 aliphatic carbocycles. The predicted molar refractivity (Wildman–Crippen MR) is 126 cm³/mol. The summed E-state index contributed by atoms with van der Waals surface area (Å²) in [5.41, 5.74) is 1.79. The number of nitrogens with zero attached hydrogens (tertiary/aromatic N) is 5. The van der Waals surface area contributed by atoms with Crippen LogP contribution in [0.1, 0.15) is 41.6 Å². The summed E-state index contributed by atoms with van der Waals surface area (Å²) in [5, 5.41) is 12.7. The number of hydrogen-bond donors (Lipinski definition) is 0. The van der Waals surface area contributed by atoms with Gasteiger partial charge in [-0.15, -0.1) is 5.10 Å². The molecular formula is C26H28FN5O3. The lowest BCUT2D eigenvalue weighted by Crippen LogP contribution is -2.37. The van der Waals surface area contributed by atoms with Crippen LogP contribution in [-0.2, 0) is 17.8 Å². The molecule has 0 bridgehead atoms. The molecule has 35 heavy (non-hydrogen) atoms. The molecule has 1 saturated heterocycles. The van der Waals surface area contributed by atoms with E-state index in [0.717, 1.165) is 42.1 Å². The molecule has 182 valence electrons. The fraction of sp³-hybridized carbons (Fsp3) is 0.346. The lowest BCUT2D eigenvalue weighted by Gasteiger charge is -2.32. The quantitative estimate of drug-likeness (QED) is 0.338. The molecule has 0 amide bonds. The van der Waals surface area contributed by atoms with Gasteiger partial charge in [-0.1, -0.05) is 24.3 Å². The summed E-state index contributed by atoms with van der Waals surface area (Å²) in [7, 11) is 1.64. The van der Waals surface area contributed by atoms with E-state index in [-0.39, 0.29) is 11.9 Å². The van der Waals surface area contributed by atoms with Crippen molar-refractivity contribution < 1.29 is 18.3 Å². The zero-order valence-electron chi connectivity index (χ0n) is 19.6. The summed E-state index contributed by atoms with van der Waals surface area (Å²) < 4.78 is 33.1. The molecule has 0 unspecified atom stereocenters. The topological polar surface area (TPSA) is 78.4 Å². The van der Waals surface area contributed by atoms with Crippen LogP contribution in [0, 0.1) is 5.82 Å². The Balaban J connectivity index is 1.53. The smallest absolute Gasteiger partial charge is 0.173 e. The third-order valence-electron chi connectivity index (χ3n) is 6.23. The number of aromatic nitrogens is 4. The summed E-state index contributed by atoms with van der Waals surface area (Å²) in [5.74, 6) is 1.90. The van der Waals surface area contributed by atoms with Crippen LogP contribution < -0.4 is 4.74 Å². The number of methoxy groups -OCH3 is 1. The van der Waals surface area contributed by atoms with Crippen molar-refractivity contribution in [2.45, 2.75) is 38.1 Å². The molecule has 9 heteroatoms. The molecule has 2 aromatic carbocycles. The Morgan fingerprint density at radius 3 is 2.77 bits per heavy atom. The highest BCUT2D eigenvalue weighted by atomic mass is 19.1. The van der Waals surface area contributed by atoms with Gasteiger partial charge in [0.1, 0.15) is 17.3 Å². The van der Waals surface area contributed by atoms with Crippen LogP contribution in [0.5, 0.6) is 5.75 Å². The first-order valence-corrected chi connectivity index (χ1v) is 11.7. The van der Waals surface area contributed by atoms with Gasteiger partial charge in [0.25, 0.3) is 0 Å². The van der Waals surface area contributed by atoms with Crippen molar-refractivity contribution in [3.05, 3.63) is 95.5 Å². The molecule has 0 spiro atoms. The van der Waals surface area contributed by atoms with Crippen LogP contribution in [0.2, 0.25) is 0 Å². The molecule has 2 aromatic heterocycles. The van der Waals surface area contributed by atoms with Gasteiger partial charge in [-0.3, -0.25) is 4.90 Å². The molecule has 8 nitrogen and oxygen atoms in total. The normalized spacial score (nSPS) is 16.6. The van der Waals surface area contributed by atoms with Crippen molar-refractivity contribution in [1.82, 2.24) is 25.1 Å². The molecule has 1 aliphatic rings. The number of halogens is 1. The van der Waals surface area contributed by atoms with Gasteiger partial charge in [0.15, 0.2) is 5.82 Å². The average Bonchev–Trinajstić information content (AvgIpc) is 3.65. The molecule has 0 saturated carbocycles. The largest absolute Gasteiger partial charge is 0.497 e. The molecule has 1 aliphatic heterocycles. The van der Waals surface area contributed by atoms with E-state index >= 15 is 0 Å². The fourth-order valence-corrected chi connectivity index (χ4v) is 4.54. The Labute approximate surface area is 203 Å². The van der Waals surface area contributed by atoms with Crippen molar-refractivity contribution in [3.63, 3.8) is 0 Å². The van der Waals surface area contributed by atoms with Crippen LogP contribution in [0.4, 0.5) is 4.39 Å². The van der Waals surface area contributed by atoms with E-state index in [1.165, 1.54) is 6.07 Å². The highest BCUT2D eigenvalue weighted by molar-refractivity contribution is 5.29. The Morgan fingerprint density at radius 2 is 2.06 bits per heavy atom. The van der Waals surface area contributed by atoms with Crippen LogP contribution in [0.25, 0.3) is 0 Å². The summed E-state index contributed by atoms with van der Waals surface area (Å²) in [6.07, 6.45) is 3.73. The number of hydrogen-bond acceptors (Lipinski definition) is 7. The molecule has 0 radical (unpaired) electrons. The molecule has 4 aromatic rings. The Kier molecular flexibility index (Phi) is 7.15. The third-order valence-corrected chi connectivity index (χ3v) is 6.23. The van der Waals surface area contributed by atoms with Gasteiger partial charge >= 0.3 is 0 Å². The zero-order valence-corrected chi connectivity index (χ0v) is 19.6. The number of rotatable bonds is 10. The van der Waals surface area contributed by atoms with Crippen molar-refractivity contribution in [1.29, 1.82) is 0 Å². The minimum absolute atomic E-state index is 0.0759. The molecular weight excluding hydrogens is 449 g/mol. The van der Waals surface area contributed by atoms with E-state index in [4.69, 9.17) is 13.9 Å². The van der Waals surface area contributed by atoms with E-state index in [9.17, 15) is 4.39 Å². The van der Waals surface area contributed by atoms with E-state index in [1.54, 1.807) is 30.2 Å². The third kappa shape index (κ3) is 5.58. The highest BCUT2D eigenvalue weighted by Crippen LogP contribution is 2.31. The highest BCUT2D eigenvalue weighted by Gasteiger charge is 2.32. The summed E-state index contributed by atoms with van der Waals surface area (Å²) >= 11 is 0. The summed E-state index contributed by atoms with van der Waals surface area (Å²) in [6, 6.07) is 17.8. The van der Waals surface area contributed by atoms with E-state index in [1.807, 2.05) is 42.5 Å². The van der Waals surface area contributed by atoms with Crippen LogP contribution in [0.15, 0.2) is 71.3 Å². The number of tetrazole rings is 1. The zero-order chi connectivity index (χ0) is 24.0. The Bertz CT molecular complexity index is 1210. The maximum atomic E-state index is 14.4. The van der Waals surface area contributed by atoms with Crippen LogP contribution in [-0.4, -0.2) is 51.5 Å². The van der Waals surface area contributed by atoms with E-state index in [2.05, 4.69) is 20.4 Å². The lowest BCUT2D eigenvalue weighted by atomic mass is 10.0. The maximum Gasteiger partial charge on any atom is 0.173 e. The average molecular weight is 478 g/mol. The van der Waals surface area contributed by atoms with Gasteiger partial charge < -0.3 is 13.9 Å². The van der Waals surface area contributed by atoms with Crippen molar-refractivity contribution in [3.8, 4) is 5.75 Å². The predicted octanol–water partition coefficient (Wildman–Crippen LogP) is 4.23. The fourth-order valence-electron chi connectivity index (χ4n) is 4.54. The number of benzene rings is 2. The second-order valence-corrected chi connectivity index (χ2v) is 8.64. The SMILES string of the molecule is COc1ccc(Cn2nnnc2[C@H](c2cccc(F)c2)N(Cc2ccco2)C[C@H]2CCCO2)cc1. The van der Waals surface area contributed by atoms with Gasteiger partial charge in [0.2, 0.25) is 0 Å². The van der Waals surface area contributed by atoms with Crippen molar-refractivity contribution in [2.75, 3.05) is 20.3 Å². The second-order valence-electron chi connectivity index (χ2n) is 8.64. The lowest BCUT2D eigenvalue weighted by molar-refractivity contribution is 0.0547. The molecule has 5 rings (SSSR count). The van der Waals surface area contributed by atoms with Gasteiger partial charge in [-0.25, -0.2) is 9.07 Å². The monoisotopic (exact) mass is 477 g/mol. The Hall–Kier alpha value is -3.56. The van der Waals surface area contributed by atoms with Gasteiger partial charge in [0.05, 0.1) is 38.6 Å². The minimum Gasteiger partial charge on any atom is -0.497 e. The van der Waals surface area contributed by atoms with Crippen LogP contribution in [0.3, 0.4) is 0 Å². The first-order chi connectivity index (χ1) is 17.2. The van der Waals surface area contributed by atoms with Crippen molar-refractivity contribution >= 4 is 0 Å². The van der Waals surface area contributed by atoms with Gasteiger partial charge in [-0.2, -0.15) is 0 Å². The minimum atomic E-state index is -0.409. The second kappa shape index (κ2) is 10.8. The number of furan rings is 1. The molecule has 3 heterocycles. The Morgan fingerprint density at radius 1 is 1.17 bits per heavy atom. The maximum absolute atomic E-state index is 14.4.